The number of rotatable bonds is 6. The van der Waals surface area contributed by atoms with Crippen LogP contribution in [0.3, 0.4) is 0 Å². The molecule has 0 bridgehead atoms. The molecule has 0 radical (unpaired) electrons. The second-order valence-corrected chi connectivity index (χ2v) is 4.52. The Balaban J connectivity index is 1.92. The molecule has 0 aliphatic heterocycles. The zero-order valence-corrected chi connectivity index (χ0v) is 10.8. The lowest BCUT2D eigenvalue weighted by atomic mass is 10.1. The van der Waals surface area contributed by atoms with Crippen molar-refractivity contribution < 1.29 is 4.42 Å². The van der Waals surface area contributed by atoms with Crippen molar-refractivity contribution in [3.05, 3.63) is 60.1 Å². The van der Waals surface area contributed by atoms with E-state index in [1.54, 1.807) is 12.5 Å². The second kappa shape index (κ2) is 6.38. The number of hydrogen-bond acceptors (Lipinski definition) is 3. The van der Waals surface area contributed by atoms with Crippen molar-refractivity contribution in [2.24, 2.45) is 5.73 Å². The lowest BCUT2D eigenvalue weighted by Crippen LogP contribution is -2.31. The summed E-state index contributed by atoms with van der Waals surface area (Å²) in [4.78, 5) is 2.28. The van der Waals surface area contributed by atoms with Gasteiger partial charge in [-0.25, -0.2) is 0 Å². The van der Waals surface area contributed by atoms with Gasteiger partial charge in [-0.1, -0.05) is 30.3 Å². The third kappa shape index (κ3) is 3.22. The Morgan fingerprint density at radius 2 is 2.00 bits per heavy atom. The van der Waals surface area contributed by atoms with Crippen molar-refractivity contribution in [1.29, 1.82) is 0 Å². The standard InChI is InChI=1S/C15H20N2O/c1-17(9-7-13-5-3-2-4-6-13)15(11-16)14-8-10-18-12-14/h2-6,8,10,12,15H,7,9,11,16H2,1H3. The van der Waals surface area contributed by atoms with Crippen LogP contribution in [0.2, 0.25) is 0 Å². The Hall–Kier alpha value is -1.58. The van der Waals surface area contributed by atoms with E-state index in [0.29, 0.717) is 6.54 Å². The smallest absolute Gasteiger partial charge is 0.0950 e. The summed E-state index contributed by atoms with van der Waals surface area (Å²) in [6.07, 6.45) is 4.51. The molecule has 0 saturated carbocycles. The zero-order valence-electron chi connectivity index (χ0n) is 10.8. The fourth-order valence-electron chi connectivity index (χ4n) is 2.14. The lowest BCUT2D eigenvalue weighted by Gasteiger charge is -2.26. The molecular formula is C15H20N2O. The molecule has 1 aromatic carbocycles. The highest BCUT2D eigenvalue weighted by molar-refractivity contribution is 5.16. The van der Waals surface area contributed by atoms with Crippen molar-refractivity contribution in [3.8, 4) is 0 Å². The highest BCUT2D eigenvalue weighted by Gasteiger charge is 2.15. The molecule has 0 aliphatic rings. The largest absolute Gasteiger partial charge is 0.472 e. The third-order valence-electron chi connectivity index (χ3n) is 3.28. The molecule has 2 aromatic rings. The monoisotopic (exact) mass is 244 g/mol. The predicted molar refractivity (Wildman–Crippen MR) is 73.3 cm³/mol. The van der Waals surface area contributed by atoms with Gasteiger partial charge in [-0.2, -0.15) is 0 Å². The summed E-state index contributed by atoms with van der Waals surface area (Å²) in [7, 11) is 2.10. The number of benzene rings is 1. The van der Waals surface area contributed by atoms with E-state index >= 15 is 0 Å². The fraction of sp³-hybridized carbons (Fsp3) is 0.333. The van der Waals surface area contributed by atoms with Gasteiger partial charge in [0.2, 0.25) is 0 Å². The molecule has 2 N–H and O–H groups in total. The van der Waals surface area contributed by atoms with E-state index in [9.17, 15) is 0 Å². The predicted octanol–water partition coefficient (Wildman–Crippen LogP) is 2.45. The van der Waals surface area contributed by atoms with E-state index < -0.39 is 0 Å². The van der Waals surface area contributed by atoms with E-state index in [-0.39, 0.29) is 6.04 Å². The van der Waals surface area contributed by atoms with E-state index in [1.165, 1.54) is 5.56 Å². The summed E-state index contributed by atoms with van der Waals surface area (Å²) in [6, 6.07) is 12.7. The van der Waals surface area contributed by atoms with Crippen LogP contribution in [0.1, 0.15) is 17.2 Å². The Bertz CT molecular complexity index is 439. The summed E-state index contributed by atoms with van der Waals surface area (Å²) in [5.41, 5.74) is 8.35. The first kappa shape index (κ1) is 12.9. The van der Waals surface area contributed by atoms with E-state index in [1.807, 2.05) is 12.1 Å². The number of nitrogens with zero attached hydrogens (tertiary/aromatic N) is 1. The van der Waals surface area contributed by atoms with Gasteiger partial charge in [0.25, 0.3) is 0 Å². The topological polar surface area (TPSA) is 42.4 Å². The van der Waals surface area contributed by atoms with E-state index in [2.05, 4.69) is 36.2 Å². The molecule has 0 spiro atoms. The van der Waals surface area contributed by atoms with Crippen LogP contribution < -0.4 is 5.73 Å². The number of nitrogens with two attached hydrogens (primary N) is 1. The van der Waals surface area contributed by atoms with Crippen LogP contribution in [0.4, 0.5) is 0 Å². The average Bonchev–Trinajstić information content (AvgIpc) is 2.92. The van der Waals surface area contributed by atoms with Crippen LogP contribution in [-0.4, -0.2) is 25.0 Å². The highest BCUT2D eigenvalue weighted by atomic mass is 16.3. The van der Waals surface area contributed by atoms with Gasteiger partial charge >= 0.3 is 0 Å². The van der Waals surface area contributed by atoms with Gasteiger partial charge in [0.15, 0.2) is 0 Å². The maximum Gasteiger partial charge on any atom is 0.0950 e. The van der Waals surface area contributed by atoms with Crippen molar-refractivity contribution in [1.82, 2.24) is 4.90 Å². The molecule has 1 unspecified atom stereocenters. The third-order valence-corrected chi connectivity index (χ3v) is 3.28. The summed E-state index contributed by atoms with van der Waals surface area (Å²) in [5, 5.41) is 0. The molecule has 0 fully saturated rings. The second-order valence-electron chi connectivity index (χ2n) is 4.52. The van der Waals surface area contributed by atoms with Crippen LogP contribution in [0.15, 0.2) is 53.3 Å². The molecule has 1 heterocycles. The van der Waals surface area contributed by atoms with Crippen LogP contribution in [0, 0.1) is 0 Å². The maximum absolute atomic E-state index is 5.85. The SMILES string of the molecule is CN(CCc1ccccc1)C(CN)c1ccoc1. The van der Waals surface area contributed by atoms with E-state index in [4.69, 9.17) is 10.2 Å². The minimum atomic E-state index is 0.229. The molecule has 0 saturated heterocycles. The van der Waals surface area contributed by atoms with Crippen molar-refractivity contribution in [2.75, 3.05) is 20.1 Å². The van der Waals surface area contributed by atoms with Gasteiger partial charge < -0.3 is 10.2 Å². The molecule has 3 nitrogen and oxygen atoms in total. The normalized spacial score (nSPS) is 12.8. The summed E-state index contributed by atoms with van der Waals surface area (Å²) >= 11 is 0. The van der Waals surface area contributed by atoms with Gasteiger partial charge in [-0.05, 0) is 25.1 Å². The zero-order chi connectivity index (χ0) is 12.8. The number of hydrogen-bond donors (Lipinski definition) is 1. The minimum Gasteiger partial charge on any atom is -0.472 e. The fourth-order valence-corrected chi connectivity index (χ4v) is 2.14. The molecule has 3 heteroatoms. The Morgan fingerprint density at radius 1 is 1.22 bits per heavy atom. The van der Waals surface area contributed by atoms with Crippen LogP contribution in [-0.2, 0) is 6.42 Å². The molecular weight excluding hydrogens is 224 g/mol. The summed E-state index contributed by atoms with van der Waals surface area (Å²) < 4.78 is 5.13. The van der Waals surface area contributed by atoms with Gasteiger partial charge in [0.05, 0.1) is 12.5 Å². The molecule has 0 aliphatic carbocycles. The minimum absolute atomic E-state index is 0.229. The number of furan rings is 1. The highest BCUT2D eigenvalue weighted by Crippen LogP contribution is 2.18. The quantitative estimate of drug-likeness (QED) is 0.848. The van der Waals surface area contributed by atoms with Gasteiger partial charge in [-0.3, -0.25) is 4.90 Å². The Kier molecular flexibility index (Phi) is 4.56. The molecule has 1 atom stereocenters. The van der Waals surface area contributed by atoms with Crippen molar-refractivity contribution in [2.45, 2.75) is 12.5 Å². The van der Waals surface area contributed by atoms with Crippen molar-refractivity contribution in [3.63, 3.8) is 0 Å². The van der Waals surface area contributed by atoms with Crippen LogP contribution in [0.25, 0.3) is 0 Å². The van der Waals surface area contributed by atoms with Crippen LogP contribution >= 0.6 is 0 Å². The Morgan fingerprint density at radius 3 is 2.61 bits per heavy atom. The molecule has 2 rings (SSSR count). The first-order valence-corrected chi connectivity index (χ1v) is 6.27. The van der Waals surface area contributed by atoms with Crippen molar-refractivity contribution >= 4 is 0 Å². The summed E-state index contributed by atoms with van der Waals surface area (Å²) in [5.74, 6) is 0. The molecule has 96 valence electrons. The average molecular weight is 244 g/mol. The Labute approximate surface area is 108 Å². The van der Waals surface area contributed by atoms with Gasteiger partial charge in [0, 0.05) is 24.7 Å². The van der Waals surface area contributed by atoms with Gasteiger partial charge in [-0.15, -0.1) is 0 Å². The van der Waals surface area contributed by atoms with Crippen LogP contribution in [0.5, 0.6) is 0 Å². The molecule has 1 aromatic heterocycles. The summed E-state index contributed by atoms with van der Waals surface area (Å²) in [6.45, 7) is 1.59. The molecule has 18 heavy (non-hydrogen) atoms. The van der Waals surface area contributed by atoms with Gasteiger partial charge in [0.1, 0.15) is 0 Å². The maximum atomic E-state index is 5.85. The molecule has 0 amide bonds. The lowest BCUT2D eigenvalue weighted by molar-refractivity contribution is 0.252. The van der Waals surface area contributed by atoms with E-state index in [0.717, 1.165) is 18.5 Å². The first-order chi connectivity index (χ1) is 8.81. The number of likely N-dealkylation sites (N-methyl/N-ethyl adjacent to an activating group) is 1. The first-order valence-electron chi connectivity index (χ1n) is 6.27.